The molecule has 0 radical (unpaired) electrons. The predicted molar refractivity (Wildman–Crippen MR) is 243 cm³/mol. The van der Waals surface area contributed by atoms with Crippen LogP contribution < -0.4 is 0 Å². The van der Waals surface area contributed by atoms with Gasteiger partial charge in [0.25, 0.3) is 0 Å². The van der Waals surface area contributed by atoms with Crippen molar-refractivity contribution in [1.29, 1.82) is 0 Å². The number of hydrogen-bond donors (Lipinski definition) is 4. The molecule has 0 bridgehead atoms. The van der Waals surface area contributed by atoms with E-state index in [4.69, 9.17) is 19.1 Å². The van der Waals surface area contributed by atoms with E-state index in [1.54, 1.807) is 6.08 Å². The van der Waals surface area contributed by atoms with E-state index in [2.05, 4.69) is 37.4 Å². The summed E-state index contributed by atoms with van der Waals surface area (Å²) in [5.74, 6) is -0.155. The van der Waals surface area contributed by atoms with Crippen LogP contribution in [-0.2, 0) is 32.7 Å². The molecular formula is C48H89O11P. The van der Waals surface area contributed by atoms with Gasteiger partial charge in [-0.05, 0) is 38.0 Å². The Labute approximate surface area is 365 Å². The molecule has 0 fully saturated rings. The summed E-state index contributed by atoms with van der Waals surface area (Å²) in [5, 5.41) is 28.5. The minimum Gasteiger partial charge on any atom is -0.462 e. The molecule has 0 spiro atoms. The molecular weight excluding hydrogens is 783 g/mol. The third-order valence-corrected chi connectivity index (χ3v) is 11.3. The molecule has 352 valence electrons. The van der Waals surface area contributed by atoms with Crippen molar-refractivity contribution in [1.82, 2.24) is 0 Å². The molecule has 0 aliphatic heterocycles. The summed E-state index contributed by atoms with van der Waals surface area (Å²) in [4.78, 5) is 35.1. The third-order valence-electron chi connectivity index (χ3n) is 10.3. The molecule has 0 aromatic rings. The van der Waals surface area contributed by atoms with E-state index in [1.807, 2.05) is 18.2 Å². The number of hydrogen-bond acceptors (Lipinski definition) is 10. The Morgan fingerprint density at radius 3 is 1.55 bits per heavy atom. The van der Waals surface area contributed by atoms with Crippen molar-refractivity contribution >= 4 is 19.8 Å². The largest absolute Gasteiger partial charge is 0.472 e. The van der Waals surface area contributed by atoms with Crippen LogP contribution in [-0.4, -0.2) is 76.9 Å². The van der Waals surface area contributed by atoms with Crippen LogP contribution in [0.25, 0.3) is 0 Å². The first-order valence-corrected chi connectivity index (χ1v) is 25.4. The zero-order valence-electron chi connectivity index (χ0n) is 38.2. The molecule has 0 aromatic carbocycles. The maximum absolute atomic E-state index is 12.6. The Kier molecular flexibility index (Phi) is 41.1. The fourth-order valence-electron chi connectivity index (χ4n) is 6.66. The zero-order valence-corrected chi connectivity index (χ0v) is 39.1. The molecule has 11 nitrogen and oxygen atoms in total. The molecule has 2 unspecified atom stereocenters. The lowest BCUT2D eigenvalue weighted by Gasteiger charge is -2.20. The first kappa shape index (κ1) is 58.1. The number of allylic oxidation sites excluding steroid dienone is 5. The average molecular weight is 873 g/mol. The lowest BCUT2D eigenvalue weighted by molar-refractivity contribution is -0.161. The molecule has 0 amide bonds. The Morgan fingerprint density at radius 1 is 0.583 bits per heavy atom. The first-order chi connectivity index (χ1) is 29.0. The van der Waals surface area contributed by atoms with Gasteiger partial charge in [0.15, 0.2) is 6.10 Å². The molecule has 12 heteroatoms. The second-order valence-electron chi connectivity index (χ2n) is 16.8. The summed E-state index contributed by atoms with van der Waals surface area (Å²) in [7, 11) is -4.64. The molecule has 0 aliphatic carbocycles. The predicted octanol–water partition coefficient (Wildman–Crippen LogP) is 11.9. The van der Waals surface area contributed by atoms with E-state index in [-0.39, 0.29) is 19.4 Å². The summed E-state index contributed by atoms with van der Waals surface area (Å²) in [6.07, 6.45) is 39.9. The van der Waals surface area contributed by atoms with E-state index < -0.39 is 57.9 Å². The molecule has 0 heterocycles. The van der Waals surface area contributed by atoms with Crippen molar-refractivity contribution in [2.24, 2.45) is 5.92 Å². The van der Waals surface area contributed by atoms with Gasteiger partial charge in [0.2, 0.25) is 0 Å². The van der Waals surface area contributed by atoms with Crippen LogP contribution in [0.3, 0.4) is 0 Å². The standard InChI is InChI=1S/C48H89O11P/c1-4-5-6-7-20-25-30-35-44(50)36-31-26-23-28-33-38-48(53)59-46(42-58-60(54,55)57-40-45(51)39-49)41-56-47(52)37-32-27-22-19-17-15-13-11-9-8-10-12-14-16-18-21-24-29-34-43(2)3/h5-6,20,25,30,35,43-46,49-51H,4,7-19,21-24,26-29,31-34,36-42H2,1-3H3,(H,54,55)/b6-5+,25-20+,35-30+/t44?,45-,46+/m0/s1. The van der Waals surface area contributed by atoms with Gasteiger partial charge in [-0.25, -0.2) is 4.57 Å². The highest BCUT2D eigenvalue weighted by Gasteiger charge is 2.27. The molecule has 0 saturated carbocycles. The van der Waals surface area contributed by atoms with Crippen LogP contribution in [0, 0.1) is 5.92 Å². The van der Waals surface area contributed by atoms with Gasteiger partial charge >= 0.3 is 19.8 Å². The summed E-state index contributed by atoms with van der Waals surface area (Å²) in [5.41, 5.74) is 0. The van der Waals surface area contributed by atoms with Crippen LogP contribution in [0.2, 0.25) is 0 Å². The number of carbonyl (C=O) groups excluding carboxylic acids is 2. The SMILES string of the molecule is CC/C=C/C/C=C/C=C/C(O)CCCCCCCC(=O)O[C@H](COC(=O)CCCCCCCCCCCCCCCCCCCCC(C)C)COP(=O)(O)OC[C@@H](O)CO. The van der Waals surface area contributed by atoms with Crippen LogP contribution in [0.4, 0.5) is 0 Å². The van der Waals surface area contributed by atoms with Crippen molar-refractivity contribution < 1.29 is 52.9 Å². The van der Waals surface area contributed by atoms with Crippen LogP contribution >= 0.6 is 7.82 Å². The number of phosphoric ester groups is 1. The Hall–Kier alpha value is -1.85. The Morgan fingerprint density at radius 2 is 1.05 bits per heavy atom. The van der Waals surface area contributed by atoms with Crippen molar-refractivity contribution in [3.63, 3.8) is 0 Å². The molecule has 60 heavy (non-hydrogen) atoms. The number of aliphatic hydroxyl groups is 3. The van der Waals surface area contributed by atoms with Crippen LogP contribution in [0.1, 0.15) is 207 Å². The minimum absolute atomic E-state index is 0.116. The van der Waals surface area contributed by atoms with Crippen molar-refractivity contribution in [2.45, 2.75) is 225 Å². The lowest BCUT2D eigenvalue weighted by Crippen LogP contribution is -2.29. The third kappa shape index (κ3) is 42.8. The van der Waals surface area contributed by atoms with Crippen molar-refractivity contribution in [2.75, 3.05) is 26.4 Å². The van der Waals surface area contributed by atoms with Gasteiger partial charge in [0, 0.05) is 12.8 Å². The average Bonchev–Trinajstić information content (AvgIpc) is 3.22. The van der Waals surface area contributed by atoms with Crippen molar-refractivity contribution in [3.8, 4) is 0 Å². The maximum atomic E-state index is 12.6. The van der Waals surface area contributed by atoms with Crippen molar-refractivity contribution in [3.05, 3.63) is 36.5 Å². The topological polar surface area (TPSA) is 169 Å². The number of ether oxygens (including phenoxy) is 2. The van der Waals surface area contributed by atoms with E-state index in [9.17, 15) is 29.3 Å². The highest BCUT2D eigenvalue weighted by atomic mass is 31.2. The molecule has 0 aliphatic rings. The number of carbonyl (C=O) groups is 2. The molecule has 0 saturated heterocycles. The first-order valence-electron chi connectivity index (χ1n) is 23.9. The van der Waals surface area contributed by atoms with Gasteiger partial charge in [0.1, 0.15) is 12.7 Å². The summed E-state index contributed by atoms with van der Waals surface area (Å²) in [6.45, 7) is 4.51. The highest BCUT2D eigenvalue weighted by molar-refractivity contribution is 7.47. The van der Waals surface area contributed by atoms with Gasteiger partial charge in [-0.15, -0.1) is 0 Å². The molecule has 4 N–H and O–H groups in total. The molecule has 0 aromatic heterocycles. The van der Waals surface area contributed by atoms with E-state index in [0.29, 0.717) is 19.3 Å². The fraction of sp³-hybridized carbons (Fsp3) is 0.833. The van der Waals surface area contributed by atoms with Crippen LogP contribution in [0.5, 0.6) is 0 Å². The van der Waals surface area contributed by atoms with E-state index in [0.717, 1.165) is 63.7 Å². The highest BCUT2D eigenvalue weighted by Crippen LogP contribution is 2.43. The molecule has 4 atom stereocenters. The monoisotopic (exact) mass is 873 g/mol. The summed E-state index contributed by atoms with van der Waals surface area (Å²) in [6, 6.07) is 0. The zero-order chi connectivity index (χ0) is 44.4. The number of esters is 2. The maximum Gasteiger partial charge on any atom is 0.472 e. The van der Waals surface area contributed by atoms with Gasteiger partial charge in [-0.2, -0.15) is 0 Å². The smallest absolute Gasteiger partial charge is 0.462 e. The fourth-order valence-corrected chi connectivity index (χ4v) is 7.45. The van der Waals surface area contributed by atoms with E-state index in [1.165, 1.54) is 96.3 Å². The minimum atomic E-state index is -4.64. The Balaban J connectivity index is 4.24. The number of unbranched alkanes of at least 4 members (excludes halogenated alkanes) is 21. The summed E-state index contributed by atoms with van der Waals surface area (Å²) >= 11 is 0. The second-order valence-corrected chi connectivity index (χ2v) is 18.2. The number of phosphoric acid groups is 1. The van der Waals surface area contributed by atoms with Gasteiger partial charge < -0.3 is 29.7 Å². The molecule has 0 rings (SSSR count). The number of aliphatic hydroxyl groups excluding tert-OH is 3. The lowest BCUT2D eigenvalue weighted by atomic mass is 10.0. The summed E-state index contributed by atoms with van der Waals surface area (Å²) < 4.78 is 32.7. The van der Waals surface area contributed by atoms with Gasteiger partial charge in [-0.3, -0.25) is 18.6 Å². The van der Waals surface area contributed by atoms with Gasteiger partial charge in [0.05, 0.1) is 25.9 Å². The second kappa shape index (κ2) is 42.5. The van der Waals surface area contributed by atoms with Crippen LogP contribution in [0.15, 0.2) is 36.5 Å². The van der Waals surface area contributed by atoms with E-state index >= 15 is 0 Å². The number of rotatable bonds is 44. The van der Waals surface area contributed by atoms with Gasteiger partial charge in [-0.1, -0.05) is 198 Å². The Bertz CT molecular complexity index is 1130. The quantitative estimate of drug-likeness (QED) is 0.0151. The normalized spacial score (nSPS) is 14.7.